The predicted molar refractivity (Wildman–Crippen MR) is 112 cm³/mol. The highest BCUT2D eigenvalue weighted by Crippen LogP contribution is 2.30. The molecule has 0 spiro atoms. The second-order valence-electron chi connectivity index (χ2n) is 7.19. The first-order chi connectivity index (χ1) is 13.8. The van der Waals surface area contributed by atoms with Crippen LogP contribution in [-0.4, -0.2) is 36.7 Å². The van der Waals surface area contributed by atoms with Gasteiger partial charge in [0.15, 0.2) is 0 Å². The molecular formula is C21H22N4O3S. The van der Waals surface area contributed by atoms with Gasteiger partial charge in [0.05, 0.1) is 24.3 Å². The molecule has 1 aromatic heterocycles. The summed E-state index contributed by atoms with van der Waals surface area (Å²) in [6.07, 6.45) is 7.14. The Morgan fingerprint density at radius 1 is 1.17 bits per heavy atom. The highest BCUT2D eigenvalue weighted by Gasteiger charge is 2.27. The van der Waals surface area contributed by atoms with E-state index in [0.717, 1.165) is 16.8 Å². The summed E-state index contributed by atoms with van der Waals surface area (Å²) in [6, 6.07) is 12.9. The number of aromatic nitrogens is 2. The van der Waals surface area contributed by atoms with Crippen LogP contribution in [0.2, 0.25) is 0 Å². The van der Waals surface area contributed by atoms with Gasteiger partial charge in [-0.25, -0.2) is 13.4 Å². The number of hydrogen-bond acceptors (Lipinski definition) is 4. The third kappa shape index (κ3) is 3.88. The number of carbonyl (C=O) groups is 1. The number of imidazole rings is 1. The van der Waals surface area contributed by atoms with Crippen molar-refractivity contribution in [3.63, 3.8) is 0 Å². The average Bonchev–Trinajstić information content (AvgIpc) is 3.37. The zero-order valence-electron chi connectivity index (χ0n) is 16.2. The number of nitrogens with one attached hydrogen (secondary N) is 1. The molecule has 1 N–H and O–H groups in total. The quantitative estimate of drug-likeness (QED) is 0.701. The van der Waals surface area contributed by atoms with Crippen LogP contribution in [-0.2, 0) is 16.4 Å². The van der Waals surface area contributed by atoms with Crippen molar-refractivity contribution >= 4 is 21.6 Å². The molecule has 0 saturated heterocycles. The zero-order valence-corrected chi connectivity index (χ0v) is 17.1. The fraction of sp³-hybridized carbons (Fsp3) is 0.238. The Bertz CT molecular complexity index is 1140. The molecule has 8 heteroatoms. The van der Waals surface area contributed by atoms with Crippen LogP contribution in [0.1, 0.15) is 34.5 Å². The Kier molecular flexibility index (Phi) is 4.87. The maximum atomic E-state index is 12.7. The van der Waals surface area contributed by atoms with Gasteiger partial charge in [-0.1, -0.05) is 12.1 Å². The van der Waals surface area contributed by atoms with Gasteiger partial charge in [-0.3, -0.25) is 9.10 Å². The Hall–Kier alpha value is -3.13. The van der Waals surface area contributed by atoms with Crippen molar-refractivity contribution in [2.24, 2.45) is 0 Å². The molecular weight excluding hydrogens is 388 g/mol. The summed E-state index contributed by atoms with van der Waals surface area (Å²) in [5, 5.41) is 3.01. The molecule has 2 heterocycles. The third-order valence-corrected chi connectivity index (χ3v) is 6.32. The lowest BCUT2D eigenvalue weighted by atomic mass is 10.1. The van der Waals surface area contributed by atoms with Gasteiger partial charge in [0, 0.05) is 30.2 Å². The number of fused-ring (bicyclic) bond motifs is 1. The van der Waals surface area contributed by atoms with E-state index in [1.54, 1.807) is 30.7 Å². The topological polar surface area (TPSA) is 84.3 Å². The first-order valence-corrected chi connectivity index (χ1v) is 11.2. The fourth-order valence-electron chi connectivity index (χ4n) is 3.57. The highest BCUT2D eigenvalue weighted by atomic mass is 32.2. The van der Waals surface area contributed by atoms with Crippen molar-refractivity contribution in [3.8, 4) is 5.69 Å². The van der Waals surface area contributed by atoms with E-state index in [0.29, 0.717) is 24.2 Å². The lowest BCUT2D eigenvalue weighted by Crippen LogP contribution is -2.28. The summed E-state index contributed by atoms with van der Waals surface area (Å²) in [7, 11) is -3.30. The van der Waals surface area contributed by atoms with Gasteiger partial charge in [0.25, 0.3) is 5.91 Å². The Morgan fingerprint density at radius 3 is 2.59 bits per heavy atom. The Morgan fingerprint density at radius 2 is 1.93 bits per heavy atom. The lowest BCUT2D eigenvalue weighted by Gasteiger charge is -2.17. The van der Waals surface area contributed by atoms with E-state index < -0.39 is 10.0 Å². The second-order valence-corrected chi connectivity index (χ2v) is 9.09. The summed E-state index contributed by atoms with van der Waals surface area (Å²) in [4.78, 5) is 16.7. The van der Waals surface area contributed by atoms with Crippen molar-refractivity contribution in [1.82, 2.24) is 14.9 Å². The molecule has 1 aliphatic rings. The first kappa shape index (κ1) is 19.2. The van der Waals surface area contributed by atoms with E-state index in [-0.39, 0.29) is 11.9 Å². The molecule has 0 fully saturated rings. The average molecular weight is 410 g/mol. The molecule has 1 unspecified atom stereocenters. The number of benzene rings is 2. The predicted octanol–water partition coefficient (Wildman–Crippen LogP) is 2.69. The van der Waals surface area contributed by atoms with E-state index in [4.69, 9.17) is 0 Å². The van der Waals surface area contributed by atoms with Gasteiger partial charge < -0.3 is 9.88 Å². The monoisotopic (exact) mass is 410 g/mol. The standard InChI is InChI=1S/C21H22N4O3S/c1-15(16-3-6-19(7-4-16)24-12-10-22-14-24)23-21(26)18-5-8-20-17(13-18)9-11-25(20)29(2,27)28/h3-8,10,12-15H,9,11H2,1-2H3,(H,23,26). The van der Waals surface area contributed by atoms with Crippen LogP contribution in [0.25, 0.3) is 5.69 Å². The molecule has 29 heavy (non-hydrogen) atoms. The van der Waals surface area contributed by atoms with E-state index in [1.807, 2.05) is 42.0 Å². The van der Waals surface area contributed by atoms with Gasteiger partial charge >= 0.3 is 0 Å². The zero-order chi connectivity index (χ0) is 20.6. The fourth-order valence-corrected chi connectivity index (χ4v) is 4.53. The minimum Gasteiger partial charge on any atom is -0.346 e. The van der Waals surface area contributed by atoms with E-state index >= 15 is 0 Å². The minimum absolute atomic E-state index is 0.167. The number of carbonyl (C=O) groups excluding carboxylic acids is 1. The number of anilines is 1. The molecule has 3 aromatic rings. The van der Waals surface area contributed by atoms with Crippen molar-refractivity contribution in [2.75, 3.05) is 17.1 Å². The maximum Gasteiger partial charge on any atom is 0.251 e. The molecule has 4 rings (SSSR count). The van der Waals surface area contributed by atoms with Crippen LogP contribution in [0, 0.1) is 0 Å². The number of sulfonamides is 1. The molecule has 0 radical (unpaired) electrons. The molecule has 1 aliphatic heterocycles. The van der Waals surface area contributed by atoms with Crippen LogP contribution in [0.15, 0.2) is 61.2 Å². The number of nitrogens with zero attached hydrogens (tertiary/aromatic N) is 3. The molecule has 2 aromatic carbocycles. The van der Waals surface area contributed by atoms with Crippen molar-refractivity contribution in [1.29, 1.82) is 0 Å². The maximum absolute atomic E-state index is 12.7. The number of amides is 1. The molecule has 0 aliphatic carbocycles. The van der Waals surface area contributed by atoms with Crippen LogP contribution < -0.4 is 9.62 Å². The Balaban J connectivity index is 1.47. The van der Waals surface area contributed by atoms with Crippen LogP contribution in [0.5, 0.6) is 0 Å². The molecule has 0 saturated carbocycles. The van der Waals surface area contributed by atoms with Gasteiger partial charge in [0.1, 0.15) is 0 Å². The van der Waals surface area contributed by atoms with Crippen molar-refractivity contribution in [2.45, 2.75) is 19.4 Å². The molecule has 0 bridgehead atoms. The minimum atomic E-state index is -3.30. The van der Waals surface area contributed by atoms with Crippen molar-refractivity contribution in [3.05, 3.63) is 77.9 Å². The van der Waals surface area contributed by atoms with Gasteiger partial charge in [0.2, 0.25) is 10.0 Å². The first-order valence-electron chi connectivity index (χ1n) is 9.33. The molecule has 150 valence electrons. The number of rotatable bonds is 5. The normalized spacial score (nSPS) is 14.5. The van der Waals surface area contributed by atoms with E-state index in [2.05, 4.69) is 10.3 Å². The molecule has 1 amide bonds. The SMILES string of the molecule is CC(NC(=O)c1ccc2c(c1)CCN2S(C)(=O)=O)c1ccc(-n2ccnc2)cc1. The highest BCUT2D eigenvalue weighted by molar-refractivity contribution is 7.92. The lowest BCUT2D eigenvalue weighted by molar-refractivity contribution is 0.0940. The van der Waals surface area contributed by atoms with Crippen LogP contribution in [0.3, 0.4) is 0 Å². The van der Waals surface area contributed by atoms with Crippen LogP contribution >= 0.6 is 0 Å². The van der Waals surface area contributed by atoms with Gasteiger partial charge in [-0.15, -0.1) is 0 Å². The Labute approximate surface area is 170 Å². The smallest absolute Gasteiger partial charge is 0.251 e. The summed E-state index contributed by atoms with van der Waals surface area (Å²) in [5.74, 6) is -0.184. The van der Waals surface area contributed by atoms with E-state index in [1.165, 1.54) is 10.6 Å². The molecule has 1 atom stereocenters. The number of hydrogen-bond donors (Lipinski definition) is 1. The summed E-state index contributed by atoms with van der Waals surface area (Å²) in [5.41, 5.74) is 4.05. The van der Waals surface area contributed by atoms with Crippen molar-refractivity contribution < 1.29 is 13.2 Å². The molecule has 7 nitrogen and oxygen atoms in total. The third-order valence-electron chi connectivity index (χ3n) is 5.14. The summed E-state index contributed by atoms with van der Waals surface area (Å²) < 4.78 is 27.0. The summed E-state index contributed by atoms with van der Waals surface area (Å²) >= 11 is 0. The summed E-state index contributed by atoms with van der Waals surface area (Å²) in [6.45, 7) is 2.35. The van der Waals surface area contributed by atoms with E-state index in [9.17, 15) is 13.2 Å². The van der Waals surface area contributed by atoms with Gasteiger partial charge in [-0.2, -0.15) is 0 Å². The van der Waals surface area contributed by atoms with Crippen LogP contribution in [0.4, 0.5) is 5.69 Å². The van der Waals surface area contributed by atoms with Gasteiger partial charge in [-0.05, 0) is 54.8 Å². The largest absolute Gasteiger partial charge is 0.346 e. The second kappa shape index (κ2) is 7.36.